The fourth-order valence-corrected chi connectivity index (χ4v) is 2.91. The molecule has 1 aromatic heterocycles. The van der Waals surface area contributed by atoms with E-state index in [4.69, 9.17) is 21.1 Å². The van der Waals surface area contributed by atoms with E-state index in [1.54, 1.807) is 11.3 Å². The van der Waals surface area contributed by atoms with Gasteiger partial charge in [0.05, 0.1) is 30.9 Å². The van der Waals surface area contributed by atoms with Crippen LogP contribution in [0.5, 0.6) is 0 Å². The smallest absolute Gasteiger partial charge is 0.123 e. The normalized spacial score (nSPS) is 12.5. The molecule has 1 atom stereocenters. The van der Waals surface area contributed by atoms with Crippen molar-refractivity contribution in [3.8, 4) is 10.6 Å². The van der Waals surface area contributed by atoms with Crippen LogP contribution in [0.2, 0.25) is 0 Å². The number of hydrogen-bond acceptors (Lipinski definition) is 4. The van der Waals surface area contributed by atoms with Gasteiger partial charge >= 0.3 is 0 Å². The van der Waals surface area contributed by atoms with Gasteiger partial charge in [-0.2, -0.15) is 0 Å². The minimum Gasteiger partial charge on any atom is -0.379 e. The number of halogens is 1. The molecule has 0 aliphatic carbocycles. The van der Waals surface area contributed by atoms with Gasteiger partial charge in [0.25, 0.3) is 0 Å². The van der Waals surface area contributed by atoms with E-state index in [0.717, 1.165) is 28.4 Å². The molecule has 0 saturated heterocycles. The molecule has 0 fully saturated rings. The van der Waals surface area contributed by atoms with Crippen LogP contribution in [0, 0.1) is 0 Å². The Morgan fingerprint density at radius 3 is 2.95 bits per heavy atom. The molecule has 1 aromatic carbocycles. The Kier molecular flexibility index (Phi) is 6.64. The minimum atomic E-state index is 0.0938. The SMILES string of the molecule is CCOCC(C)OCc1cccc(-c2nc(CCl)cs2)c1. The highest BCUT2D eigenvalue weighted by atomic mass is 35.5. The summed E-state index contributed by atoms with van der Waals surface area (Å²) in [6.45, 7) is 5.93. The Balaban J connectivity index is 1.97. The lowest BCUT2D eigenvalue weighted by Gasteiger charge is -2.13. The van der Waals surface area contributed by atoms with Crippen molar-refractivity contribution in [1.29, 1.82) is 0 Å². The van der Waals surface area contributed by atoms with Crippen LogP contribution in [-0.4, -0.2) is 24.3 Å². The topological polar surface area (TPSA) is 31.4 Å². The van der Waals surface area contributed by atoms with E-state index >= 15 is 0 Å². The van der Waals surface area contributed by atoms with Crippen LogP contribution in [0.15, 0.2) is 29.6 Å². The van der Waals surface area contributed by atoms with E-state index in [-0.39, 0.29) is 6.10 Å². The first-order valence-electron chi connectivity index (χ1n) is 7.02. The maximum atomic E-state index is 5.80. The van der Waals surface area contributed by atoms with Gasteiger partial charge in [0, 0.05) is 17.6 Å². The predicted octanol–water partition coefficient (Wildman–Crippen LogP) is 4.49. The number of aromatic nitrogens is 1. The molecule has 21 heavy (non-hydrogen) atoms. The third kappa shape index (κ3) is 5.08. The number of rotatable bonds is 8. The molecule has 0 N–H and O–H groups in total. The van der Waals surface area contributed by atoms with Crippen LogP contribution < -0.4 is 0 Å². The monoisotopic (exact) mass is 325 g/mol. The maximum absolute atomic E-state index is 5.80. The molecule has 5 heteroatoms. The molecule has 1 heterocycles. The zero-order chi connectivity index (χ0) is 15.1. The van der Waals surface area contributed by atoms with Crippen molar-refractivity contribution in [3.63, 3.8) is 0 Å². The first-order valence-corrected chi connectivity index (χ1v) is 8.43. The highest BCUT2D eigenvalue weighted by Crippen LogP contribution is 2.25. The maximum Gasteiger partial charge on any atom is 0.123 e. The average Bonchev–Trinajstić information content (AvgIpc) is 3.00. The van der Waals surface area contributed by atoms with E-state index in [2.05, 4.69) is 23.2 Å². The Bertz CT molecular complexity index is 559. The average molecular weight is 326 g/mol. The highest BCUT2D eigenvalue weighted by molar-refractivity contribution is 7.13. The molecule has 0 spiro atoms. The summed E-state index contributed by atoms with van der Waals surface area (Å²) in [4.78, 5) is 4.50. The van der Waals surface area contributed by atoms with Crippen molar-refractivity contribution in [2.45, 2.75) is 32.4 Å². The van der Waals surface area contributed by atoms with E-state index in [1.165, 1.54) is 0 Å². The number of ether oxygens (including phenoxy) is 2. The summed E-state index contributed by atoms with van der Waals surface area (Å²) in [5.74, 6) is 0.453. The third-order valence-electron chi connectivity index (χ3n) is 2.95. The molecule has 0 radical (unpaired) electrons. The van der Waals surface area contributed by atoms with Gasteiger partial charge in [0.2, 0.25) is 0 Å². The first kappa shape index (κ1) is 16.4. The van der Waals surface area contributed by atoms with Crippen LogP contribution in [0.3, 0.4) is 0 Å². The molecular formula is C16H20ClNO2S. The third-order valence-corrected chi connectivity index (χ3v) is 4.17. The summed E-state index contributed by atoms with van der Waals surface area (Å²) in [6, 6.07) is 8.27. The van der Waals surface area contributed by atoms with Crippen LogP contribution >= 0.6 is 22.9 Å². The zero-order valence-electron chi connectivity index (χ0n) is 12.3. The lowest BCUT2D eigenvalue weighted by Crippen LogP contribution is -2.15. The summed E-state index contributed by atoms with van der Waals surface area (Å²) in [7, 11) is 0. The number of thiazole rings is 1. The molecule has 0 aliphatic rings. The quantitative estimate of drug-likeness (QED) is 0.670. The van der Waals surface area contributed by atoms with Crippen molar-refractivity contribution in [2.24, 2.45) is 0 Å². The van der Waals surface area contributed by atoms with Gasteiger partial charge in [0.15, 0.2) is 0 Å². The van der Waals surface area contributed by atoms with E-state index in [1.807, 2.05) is 25.3 Å². The second-order valence-corrected chi connectivity index (χ2v) is 5.88. The molecule has 2 aromatic rings. The highest BCUT2D eigenvalue weighted by Gasteiger charge is 2.06. The van der Waals surface area contributed by atoms with Crippen LogP contribution in [0.4, 0.5) is 0 Å². The van der Waals surface area contributed by atoms with Crippen LogP contribution in [-0.2, 0) is 22.0 Å². The molecule has 0 amide bonds. The Labute approximate surface area is 134 Å². The van der Waals surface area contributed by atoms with Crippen molar-refractivity contribution in [1.82, 2.24) is 4.98 Å². The molecule has 2 rings (SSSR count). The zero-order valence-corrected chi connectivity index (χ0v) is 13.9. The van der Waals surface area contributed by atoms with Crippen molar-refractivity contribution in [2.75, 3.05) is 13.2 Å². The second kappa shape index (κ2) is 8.49. The van der Waals surface area contributed by atoms with Crippen molar-refractivity contribution >= 4 is 22.9 Å². The minimum absolute atomic E-state index is 0.0938. The lowest BCUT2D eigenvalue weighted by atomic mass is 10.1. The van der Waals surface area contributed by atoms with Gasteiger partial charge in [-0.05, 0) is 25.5 Å². The van der Waals surface area contributed by atoms with Gasteiger partial charge < -0.3 is 9.47 Å². The summed E-state index contributed by atoms with van der Waals surface area (Å²) in [5.41, 5.74) is 3.16. The van der Waals surface area contributed by atoms with Gasteiger partial charge in [-0.25, -0.2) is 4.98 Å². The Morgan fingerprint density at radius 2 is 2.24 bits per heavy atom. The summed E-state index contributed by atoms with van der Waals surface area (Å²) >= 11 is 7.41. The van der Waals surface area contributed by atoms with Gasteiger partial charge in [-0.1, -0.05) is 18.2 Å². The fourth-order valence-electron chi connectivity index (χ4n) is 1.87. The Morgan fingerprint density at radius 1 is 1.38 bits per heavy atom. The molecule has 0 bridgehead atoms. The summed E-state index contributed by atoms with van der Waals surface area (Å²) in [5, 5.41) is 2.99. The molecule has 114 valence electrons. The Hall–Kier alpha value is -0.940. The van der Waals surface area contributed by atoms with E-state index in [0.29, 0.717) is 19.1 Å². The molecule has 1 unspecified atom stereocenters. The molecule has 3 nitrogen and oxygen atoms in total. The molecular weight excluding hydrogens is 306 g/mol. The number of hydrogen-bond donors (Lipinski definition) is 0. The number of nitrogens with zero attached hydrogens (tertiary/aromatic N) is 1. The number of alkyl halides is 1. The summed E-state index contributed by atoms with van der Waals surface area (Å²) < 4.78 is 11.1. The molecule has 0 aliphatic heterocycles. The number of benzene rings is 1. The van der Waals surface area contributed by atoms with Crippen molar-refractivity contribution < 1.29 is 9.47 Å². The standard InChI is InChI=1S/C16H20ClNO2S/c1-3-19-9-12(2)20-10-13-5-4-6-14(7-13)16-18-15(8-17)11-21-16/h4-7,11-12H,3,8-10H2,1-2H3. The van der Waals surface area contributed by atoms with E-state index in [9.17, 15) is 0 Å². The molecule has 0 saturated carbocycles. The van der Waals surface area contributed by atoms with Crippen molar-refractivity contribution in [3.05, 3.63) is 40.9 Å². The largest absolute Gasteiger partial charge is 0.379 e. The van der Waals surface area contributed by atoms with Gasteiger partial charge in [0.1, 0.15) is 5.01 Å². The predicted molar refractivity (Wildman–Crippen MR) is 87.9 cm³/mol. The first-order chi connectivity index (χ1) is 10.2. The van der Waals surface area contributed by atoms with Crippen LogP contribution in [0.25, 0.3) is 10.6 Å². The van der Waals surface area contributed by atoms with Crippen LogP contribution in [0.1, 0.15) is 25.1 Å². The summed E-state index contributed by atoms with van der Waals surface area (Å²) in [6.07, 6.45) is 0.0938. The van der Waals surface area contributed by atoms with Gasteiger partial charge in [-0.15, -0.1) is 22.9 Å². The lowest BCUT2D eigenvalue weighted by molar-refractivity contribution is -0.0116. The van der Waals surface area contributed by atoms with Gasteiger partial charge in [-0.3, -0.25) is 0 Å². The fraction of sp³-hybridized carbons (Fsp3) is 0.438. The van der Waals surface area contributed by atoms with E-state index < -0.39 is 0 Å². The second-order valence-electron chi connectivity index (χ2n) is 4.76.